The molecule has 3 atom stereocenters. The summed E-state index contributed by atoms with van der Waals surface area (Å²) in [6.07, 6.45) is 4.27. The van der Waals surface area contributed by atoms with Crippen LogP contribution in [-0.4, -0.2) is 18.0 Å². The Bertz CT molecular complexity index is 890. The molecule has 0 saturated heterocycles. The van der Waals surface area contributed by atoms with Crippen molar-refractivity contribution >= 4 is 5.78 Å². The Morgan fingerprint density at radius 3 is 2.69 bits per heavy atom. The van der Waals surface area contributed by atoms with Crippen LogP contribution < -0.4 is 4.74 Å². The van der Waals surface area contributed by atoms with Gasteiger partial charge < -0.3 is 14.2 Å². The average Bonchev–Trinajstić information content (AvgIpc) is 2.75. The van der Waals surface area contributed by atoms with Gasteiger partial charge in [-0.05, 0) is 48.6 Å². The van der Waals surface area contributed by atoms with Gasteiger partial charge in [0.15, 0.2) is 0 Å². The van der Waals surface area contributed by atoms with Crippen LogP contribution in [0, 0.1) is 11.7 Å². The molecule has 1 heterocycles. The molecule has 0 N–H and O–H groups in total. The minimum absolute atomic E-state index is 0.00383. The number of carbonyl (C=O) groups is 1. The number of hydrogen-bond acceptors (Lipinski definition) is 4. The summed E-state index contributed by atoms with van der Waals surface area (Å²) in [6, 6.07) is 14.0. The first-order valence-corrected chi connectivity index (χ1v) is 10.2. The molecule has 5 heteroatoms. The highest BCUT2D eigenvalue weighted by atomic mass is 19.1. The van der Waals surface area contributed by atoms with Gasteiger partial charge in [0.25, 0.3) is 0 Å². The number of hydrogen-bond donors (Lipinski definition) is 0. The molecule has 0 bridgehead atoms. The molecule has 0 aromatic heterocycles. The van der Waals surface area contributed by atoms with E-state index >= 15 is 0 Å². The maximum Gasteiger partial charge on any atom is 0.207 e. The molecular formula is C24H25FO4. The maximum atomic E-state index is 13.0. The quantitative estimate of drug-likeness (QED) is 0.692. The molecule has 152 valence electrons. The van der Waals surface area contributed by atoms with E-state index < -0.39 is 0 Å². The molecular weight excluding hydrogens is 371 g/mol. The van der Waals surface area contributed by atoms with Crippen LogP contribution in [0.15, 0.2) is 60.6 Å². The zero-order valence-electron chi connectivity index (χ0n) is 16.5. The number of fused-ring (bicyclic) bond motifs is 1. The predicted molar refractivity (Wildman–Crippen MR) is 107 cm³/mol. The average molecular weight is 396 g/mol. The van der Waals surface area contributed by atoms with Gasteiger partial charge in [0.1, 0.15) is 23.9 Å². The number of benzene rings is 2. The third kappa shape index (κ3) is 4.51. The van der Waals surface area contributed by atoms with Crippen LogP contribution in [0.5, 0.6) is 5.75 Å². The van der Waals surface area contributed by atoms with Crippen molar-refractivity contribution in [2.75, 3.05) is 0 Å². The Hall–Kier alpha value is -2.66. The Morgan fingerprint density at radius 2 is 1.90 bits per heavy atom. The molecule has 1 aliphatic heterocycles. The van der Waals surface area contributed by atoms with Gasteiger partial charge in [0.05, 0.1) is 18.6 Å². The molecule has 0 amide bonds. The van der Waals surface area contributed by atoms with Crippen molar-refractivity contribution in [1.29, 1.82) is 0 Å². The first-order chi connectivity index (χ1) is 14.1. The van der Waals surface area contributed by atoms with E-state index in [1.54, 1.807) is 12.1 Å². The summed E-state index contributed by atoms with van der Waals surface area (Å²) in [5.41, 5.74) is 1.99. The Morgan fingerprint density at radius 1 is 1.10 bits per heavy atom. The number of ether oxygens (including phenoxy) is 3. The molecule has 4 nitrogen and oxygen atoms in total. The van der Waals surface area contributed by atoms with Gasteiger partial charge in [-0.2, -0.15) is 0 Å². The van der Waals surface area contributed by atoms with E-state index in [1.807, 2.05) is 24.3 Å². The van der Waals surface area contributed by atoms with E-state index in [9.17, 15) is 9.18 Å². The van der Waals surface area contributed by atoms with Gasteiger partial charge in [0, 0.05) is 6.42 Å². The van der Waals surface area contributed by atoms with Crippen molar-refractivity contribution in [1.82, 2.24) is 0 Å². The zero-order valence-corrected chi connectivity index (χ0v) is 16.5. The fourth-order valence-corrected chi connectivity index (χ4v) is 3.97. The summed E-state index contributed by atoms with van der Waals surface area (Å²) in [7, 11) is 0. The van der Waals surface area contributed by atoms with E-state index in [-0.39, 0.29) is 35.5 Å². The Balaban J connectivity index is 1.36. The van der Waals surface area contributed by atoms with Gasteiger partial charge in [-0.15, -0.1) is 0 Å². The summed E-state index contributed by atoms with van der Waals surface area (Å²) in [4.78, 5) is 12.9. The molecule has 3 unspecified atom stereocenters. The minimum Gasteiger partial charge on any atom is -0.493 e. The summed E-state index contributed by atoms with van der Waals surface area (Å²) in [5, 5.41) is 0. The van der Waals surface area contributed by atoms with Crippen molar-refractivity contribution in [2.24, 2.45) is 5.92 Å². The van der Waals surface area contributed by atoms with Crippen molar-refractivity contribution in [3.63, 3.8) is 0 Å². The summed E-state index contributed by atoms with van der Waals surface area (Å²) >= 11 is 0. The molecule has 2 aromatic carbocycles. The zero-order chi connectivity index (χ0) is 20.2. The highest BCUT2D eigenvalue weighted by Gasteiger charge is 2.41. The van der Waals surface area contributed by atoms with E-state index in [1.165, 1.54) is 18.4 Å². The number of ketones is 1. The first-order valence-electron chi connectivity index (χ1n) is 10.2. The summed E-state index contributed by atoms with van der Waals surface area (Å²) in [6.45, 7) is 2.48. The van der Waals surface area contributed by atoms with Crippen LogP contribution in [0.3, 0.4) is 0 Å². The molecule has 2 aliphatic rings. The van der Waals surface area contributed by atoms with Crippen molar-refractivity contribution < 1.29 is 23.4 Å². The van der Waals surface area contributed by atoms with Crippen LogP contribution in [0.1, 0.15) is 37.3 Å². The normalized spacial score (nSPS) is 23.7. The molecule has 1 fully saturated rings. The van der Waals surface area contributed by atoms with E-state index in [0.717, 1.165) is 24.0 Å². The highest BCUT2D eigenvalue weighted by molar-refractivity contribution is 5.96. The molecule has 1 aliphatic carbocycles. The van der Waals surface area contributed by atoms with E-state index in [0.29, 0.717) is 25.2 Å². The lowest BCUT2D eigenvalue weighted by Gasteiger charge is -2.37. The van der Waals surface area contributed by atoms with Crippen molar-refractivity contribution in [3.05, 3.63) is 77.5 Å². The lowest BCUT2D eigenvalue weighted by atomic mass is 9.80. The standard InChI is InChI=1S/C24H25FO4/c1-2-17-5-3-4-6-21(17)29-23-15-28-22-13-19(11-12-20(22)24(23)26)27-14-16-7-9-18(25)10-8-16/h3-10,15,19-20,22H,2,11-14H2,1H3. The molecule has 0 radical (unpaired) electrons. The highest BCUT2D eigenvalue weighted by Crippen LogP contribution is 2.35. The number of rotatable bonds is 6. The van der Waals surface area contributed by atoms with Gasteiger partial charge in [-0.1, -0.05) is 37.3 Å². The van der Waals surface area contributed by atoms with Crippen LogP contribution in [0.4, 0.5) is 4.39 Å². The number of aryl methyl sites for hydroxylation is 1. The second kappa shape index (κ2) is 8.78. The maximum absolute atomic E-state index is 13.0. The fourth-order valence-electron chi connectivity index (χ4n) is 3.97. The van der Waals surface area contributed by atoms with Crippen molar-refractivity contribution in [3.8, 4) is 5.75 Å². The van der Waals surface area contributed by atoms with Crippen LogP contribution in [0.2, 0.25) is 0 Å². The monoisotopic (exact) mass is 396 g/mol. The predicted octanol–water partition coefficient (Wildman–Crippen LogP) is 4.96. The third-order valence-electron chi connectivity index (χ3n) is 5.65. The largest absolute Gasteiger partial charge is 0.493 e. The smallest absolute Gasteiger partial charge is 0.207 e. The number of halogens is 1. The van der Waals surface area contributed by atoms with Gasteiger partial charge in [-0.25, -0.2) is 4.39 Å². The van der Waals surface area contributed by atoms with Crippen molar-refractivity contribution in [2.45, 2.75) is 51.4 Å². The van der Waals surface area contributed by atoms with Gasteiger partial charge in [-0.3, -0.25) is 4.79 Å². The van der Waals surface area contributed by atoms with Crippen LogP contribution in [0.25, 0.3) is 0 Å². The number of carbonyl (C=O) groups excluding carboxylic acids is 1. The summed E-state index contributed by atoms with van der Waals surface area (Å²) < 4.78 is 30.8. The fraction of sp³-hybridized carbons (Fsp3) is 0.375. The van der Waals surface area contributed by atoms with E-state index in [2.05, 4.69) is 6.92 Å². The molecule has 2 aromatic rings. The second-order valence-electron chi connectivity index (χ2n) is 7.56. The lowest BCUT2D eigenvalue weighted by molar-refractivity contribution is -0.134. The second-order valence-corrected chi connectivity index (χ2v) is 7.56. The topological polar surface area (TPSA) is 44.8 Å². The minimum atomic E-state index is -0.255. The van der Waals surface area contributed by atoms with E-state index in [4.69, 9.17) is 14.2 Å². The van der Waals surface area contributed by atoms with Crippen LogP contribution in [-0.2, 0) is 27.3 Å². The molecule has 4 rings (SSSR count). The number of Topliss-reactive ketones (excluding diaryl/α,β-unsaturated/α-hetero) is 1. The number of para-hydroxylation sites is 1. The molecule has 29 heavy (non-hydrogen) atoms. The number of allylic oxidation sites excluding steroid dienone is 1. The lowest BCUT2D eigenvalue weighted by Crippen LogP contribution is -2.42. The SMILES string of the molecule is CCc1ccccc1OC1=COC2CC(OCc3ccc(F)cc3)CCC2C1=O. The third-order valence-corrected chi connectivity index (χ3v) is 5.65. The van der Waals surface area contributed by atoms with Crippen LogP contribution >= 0.6 is 0 Å². The molecule has 1 saturated carbocycles. The summed E-state index contributed by atoms with van der Waals surface area (Å²) in [5.74, 6) is 0.527. The molecule has 0 spiro atoms. The Labute approximate surface area is 170 Å². The Kier molecular flexibility index (Phi) is 5.95. The van der Waals surface area contributed by atoms with Gasteiger partial charge in [0.2, 0.25) is 11.5 Å². The van der Waals surface area contributed by atoms with Gasteiger partial charge >= 0.3 is 0 Å². The first kappa shape index (κ1) is 19.6.